The number of amides is 1. The number of carbonyl (C=O) groups excluding carboxylic acids is 1. The van der Waals surface area contributed by atoms with Crippen LogP contribution < -0.4 is 14.5 Å². The molecule has 0 bridgehead atoms. The van der Waals surface area contributed by atoms with Crippen LogP contribution in [-0.2, 0) is 11.2 Å². The van der Waals surface area contributed by atoms with Crippen molar-refractivity contribution in [2.75, 3.05) is 36.0 Å². The minimum absolute atomic E-state index is 0.0145. The van der Waals surface area contributed by atoms with Crippen LogP contribution in [-0.4, -0.2) is 37.1 Å². The zero-order valence-corrected chi connectivity index (χ0v) is 17.4. The van der Waals surface area contributed by atoms with Crippen molar-refractivity contribution >= 4 is 28.3 Å². The maximum absolute atomic E-state index is 12.8. The van der Waals surface area contributed by atoms with Crippen molar-refractivity contribution in [3.63, 3.8) is 0 Å². The van der Waals surface area contributed by atoms with Gasteiger partial charge in [-0.1, -0.05) is 37.3 Å². The Morgan fingerprint density at radius 1 is 1.03 bits per heavy atom. The zero-order valence-electron chi connectivity index (χ0n) is 17.4. The number of rotatable bonds is 4. The van der Waals surface area contributed by atoms with Gasteiger partial charge in [0.05, 0.1) is 0 Å². The summed E-state index contributed by atoms with van der Waals surface area (Å²) < 4.78 is 6.00. The molecule has 154 valence electrons. The van der Waals surface area contributed by atoms with Crippen LogP contribution >= 0.6 is 0 Å². The van der Waals surface area contributed by atoms with Crippen molar-refractivity contribution in [1.82, 2.24) is 4.98 Å². The van der Waals surface area contributed by atoms with E-state index in [-0.39, 0.29) is 12.5 Å². The summed E-state index contributed by atoms with van der Waals surface area (Å²) in [5, 5.41) is 1.03. The normalized spacial score (nSPS) is 16.7. The Morgan fingerprint density at radius 3 is 2.73 bits per heavy atom. The molecule has 0 N–H and O–H groups in total. The van der Waals surface area contributed by atoms with E-state index in [4.69, 9.17) is 9.72 Å². The van der Waals surface area contributed by atoms with Crippen LogP contribution in [0.15, 0.2) is 54.6 Å². The van der Waals surface area contributed by atoms with Crippen molar-refractivity contribution in [3.8, 4) is 5.75 Å². The first kappa shape index (κ1) is 18.9. The van der Waals surface area contributed by atoms with Gasteiger partial charge in [0.15, 0.2) is 6.61 Å². The van der Waals surface area contributed by atoms with E-state index >= 15 is 0 Å². The predicted octanol–water partition coefficient (Wildman–Crippen LogP) is 4.44. The van der Waals surface area contributed by atoms with Crippen LogP contribution in [0.5, 0.6) is 5.75 Å². The average molecular weight is 402 g/mol. The smallest absolute Gasteiger partial charge is 0.264 e. The Bertz CT molecular complexity index is 1070. The molecule has 0 saturated carbocycles. The highest BCUT2D eigenvalue weighted by atomic mass is 16.5. The Morgan fingerprint density at radius 2 is 1.87 bits per heavy atom. The number of benzene rings is 2. The molecule has 1 saturated heterocycles. The molecule has 2 aliphatic rings. The number of aromatic nitrogens is 1. The molecule has 3 aromatic rings. The number of hydrogen-bond donors (Lipinski definition) is 0. The third kappa shape index (κ3) is 3.60. The van der Waals surface area contributed by atoms with Crippen molar-refractivity contribution < 1.29 is 9.53 Å². The van der Waals surface area contributed by atoms with E-state index in [1.165, 1.54) is 18.4 Å². The summed E-state index contributed by atoms with van der Waals surface area (Å²) in [4.78, 5) is 21.9. The monoisotopic (exact) mass is 401 g/mol. The number of para-hydroxylation sites is 2. The Balaban J connectivity index is 1.34. The van der Waals surface area contributed by atoms with Gasteiger partial charge in [0, 0.05) is 30.7 Å². The molecule has 0 radical (unpaired) electrons. The van der Waals surface area contributed by atoms with E-state index in [0.717, 1.165) is 47.8 Å². The van der Waals surface area contributed by atoms with Crippen LogP contribution in [0.25, 0.3) is 10.9 Å². The van der Waals surface area contributed by atoms with Crippen LogP contribution in [0.3, 0.4) is 0 Å². The molecule has 1 fully saturated rings. The molecule has 0 aliphatic carbocycles. The lowest BCUT2D eigenvalue weighted by Crippen LogP contribution is -2.33. The van der Waals surface area contributed by atoms with Gasteiger partial charge in [0.2, 0.25) is 0 Å². The van der Waals surface area contributed by atoms with Crippen LogP contribution in [0.4, 0.5) is 11.5 Å². The second kappa shape index (κ2) is 7.98. The quantitative estimate of drug-likeness (QED) is 0.648. The summed E-state index contributed by atoms with van der Waals surface area (Å²) in [6.45, 7) is 5.12. The molecule has 5 nitrogen and oxygen atoms in total. The van der Waals surface area contributed by atoms with E-state index in [9.17, 15) is 4.79 Å². The van der Waals surface area contributed by atoms with Crippen molar-refractivity contribution in [3.05, 3.63) is 60.2 Å². The van der Waals surface area contributed by atoms with Gasteiger partial charge in [0.1, 0.15) is 17.1 Å². The summed E-state index contributed by atoms with van der Waals surface area (Å²) in [6, 6.07) is 18.2. The van der Waals surface area contributed by atoms with Gasteiger partial charge in [-0.2, -0.15) is 0 Å². The largest absolute Gasteiger partial charge is 0.481 e. The topological polar surface area (TPSA) is 45.7 Å². The molecule has 0 unspecified atom stereocenters. The van der Waals surface area contributed by atoms with E-state index in [2.05, 4.69) is 30.0 Å². The molecule has 1 aromatic heterocycles. The Kier molecular flexibility index (Phi) is 5.03. The fourth-order valence-corrected chi connectivity index (χ4v) is 4.45. The van der Waals surface area contributed by atoms with E-state index in [1.807, 2.05) is 41.3 Å². The predicted molar refractivity (Wildman–Crippen MR) is 120 cm³/mol. The summed E-state index contributed by atoms with van der Waals surface area (Å²) in [6.07, 6.45) is 3.29. The maximum atomic E-state index is 12.8. The minimum Gasteiger partial charge on any atom is -0.481 e. The third-order valence-corrected chi connectivity index (χ3v) is 6.32. The first-order valence-electron chi connectivity index (χ1n) is 10.8. The number of pyridine rings is 1. The SMILES string of the molecule is CC1CCN(c2ccc3cccc(OCC(=O)N4CCc5ccccc54)c3n2)CC1. The summed E-state index contributed by atoms with van der Waals surface area (Å²) in [5.74, 6) is 2.42. The molecule has 5 heteroatoms. The lowest BCUT2D eigenvalue weighted by molar-refractivity contribution is -0.120. The zero-order chi connectivity index (χ0) is 20.5. The summed E-state index contributed by atoms with van der Waals surface area (Å²) in [7, 11) is 0. The highest BCUT2D eigenvalue weighted by Gasteiger charge is 2.24. The minimum atomic E-state index is -0.0156. The second-order valence-corrected chi connectivity index (χ2v) is 8.38. The second-order valence-electron chi connectivity index (χ2n) is 8.38. The fourth-order valence-electron chi connectivity index (χ4n) is 4.45. The first-order chi connectivity index (χ1) is 14.7. The number of anilines is 2. The lowest BCUT2D eigenvalue weighted by Gasteiger charge is -2.31. The van der Waals surface area contributed by atoms with Gasteiger partial charge < -0.3 is 14.5 Å². The lowest BCUT2D eigenvalue weighted by atomic mass is 9.99. The number of hydrogen-bond acceptors (Lipinski definition) is 4. The molecule has 3 heterocycles. The Labute approximate surface area is 177 Å². The van der Waals surface area contributed by atoms with Gasteiger partial charge >= 0.3 is 0 Å². The standard InChI is InChI=1S/C25H27N3O2/c1-18-11-14-27(15-12-18)23-10-9-20-6-4-8-22(25(20)26-23)30-17-24(29)28-16-13-19-5-2-3-7-21(19)28/h2-10,18H,11-17H2,1H3. The molecule has 30 heavy (non-hydrogen) atoms. The molecule has 1 amide bonds. The summed E-state index contributed by atoms with van der Waals surface area (Å²) in [5.41, 5.74) is 3.05. The molecule has 2 aromatic carbocycles. The number of fused-ring (bicyclic) bond motifs is 2. The molecular weight excluding hydrogens is 374 g/mol. The molecule has 0 spiro atoms. The van der Waals surface area contributed by atoms with Gasteiger partial charge in [-0.3, -0.25) is 4.79 Å². The highest BCUT2D eigenvalue weighted by molar-refractivity contribution is 5.96. The number of ether oxygens (including phenoxy) is 1. The highest BCUT2D eigenvalue weighted by Crippen LogP contribution is 2.30. The van der Waals surface area contributed by atoms with Crippen LogP contribution in [0.1, 0.15) is 25.3 Å². The number of carbonyl (C=O) groups is 1. The van der Waals surface area contributed by atoms with E-state index in [1.54, 1.807) is 0 Å². The Hall–Kier alpha value is -3.08. The summed E-state index contributed by atoms with van der Waals surface area (Å²) >= 11 is 0. The average Bonchev–Trinajstić information content (AvgIpc) is 3.22. The van der Waals surface area contributed by atoms with Crippen molar-refractivity contribution in [1.29, 1.82) is 0 Å². The third-order valence-electron chi connectivity index (χ3n) is 6.32. The van der Waals surface area contributed by atoms with Gasteiger partial charge in [0.25, 0.3) is 5.91 Å². The molecule has 0 atom stereocenters. The van der Waals surface area contributed by atoms with E-state index in [0.29, 0.717) is 12.3 Å². The number of nitrogens with zero attached hydrogens (tertiary/aromatic N) is 3. The van der Waals surface area contributed by atoms with Gasteiger partial charge in [-0.05, 0) is 55.0 Å². The van der Waals surface area contributed by atoms with E-state index < -0.39 is 0 Å². The van der Waals surface area contributed by atoms with Gasteiger partial charge in [-0.15, -0.1) is 0 Å². The molecule has 5 rings (SSSR count). The van der Waals surface area contributed by atoms with Crippen LogP contribution in [0, 0.1) is 5.92 Å². The van der Waals surface area contributed by atoms with Crippen molar-refractivity contribution in [2.45, 2.75) is 26.2 Å². The fraction of sp³-hybridized carbons (Fsp3) is 0.360. The van der Waals surface area contributed by atoms with Crippen molar-refractivity contribution in [2.24, 2.45) is 5.92 Å². The molecule has 2 aliphatic heterocycles. The van der Waals surface area contributed by atoms with Crippen LogP contribution in [0.2, 0.25) is 0 Å². The number of piperidine rings is 1. The maximum Gasteiger partial charge on any atom is 0.264 e. The van der Waals surface area contributed by atoms with Gasteiger partial charge in [-0.25, -0.2) is 4.98 Å². The molecular formula is C25H27N3O2. The first-order valence-corrected chi connectivity index (χ1v) is 10.8.